The number of hydrogen-bond donors (Lipinski definition) is 2. The zero-order valence-corrected chi connectivity index (χ0v) is 13.7. The molecule has 1 aliphatic rings. The van der Waals surface area contributed by atoms with Gasteiger partial charge < -0.3 is 15.1 Å². The summed E-state index contributed by atoms with van der Waals surface area (Å²) in [7, 11) is 0. The average molecular weight is 326 g/mol. The number of aromatic nitrogens is 1. The van der Waals surface area contributed by atoms with Crippen LogP contribution in [0.5, 0.6) is 0 Å². The van der Waals surface area contributed by atoms with Crippen molar-refractivity contribution in [2.45, 2.75) is 25.9 Å². The fourth-order valence-electron chi connectivity index (χ4n) is 3.34. The van der Waals surface area contributed by atoms with Crippen molar-refractivity contribution in [2.75, 3.05) is 18.0 Å². The Bertz CT molecular complexity index is 702. The SMILES string of the molecule is Cc1ccc(N2CC[C@@H](O)[C@](Cc3ccccc3)(C(=O)O)C2)nc1. The second kappa shape index (κ2) is 6.61. The molecule has 1 aromatic carbocycles. The number of aliphatic carboxylic acids is 1. The smallest absolute Gasteiger partial charge is 0.314 e. The van der Waals surface area contributed by atoms with Crippen LogP contribution in [0.1, 0.15) is 17.5 Å². The minimum absolute atomic E-state index is 0.244. The number of anilines is 1. The van der Waals surface area contributed by atoms with Gasteiger partial charge in [-0.25, -0.2) is 4.98 Å². The largest absolute Gasteiger partial charge is 0.481 e. The molecule has 5 heteroatoms. The van der Waals surface area contributed by atoms with Crippen LogP contribution in [0.4, 0.5) is 5.82 Å². The van der Waals surface area contributed by atoms with Gasteiger partial charge in [0.05, 0.1) is 6.10 Å². The normalized spacial score (nSPS) is 23.9. The van der Waals surface area contributed by atoms with Gasteiger partial charge in [-0.1, -0.05) is 36.4 Å². The summed E-state index contributed by atoms with van der Waals surface area (Å²) in [6.07, 6.45) is 1.61. The Balaban J connectivity index is 1.91. The molecule has 1 saturated heterocycles. The number of piperidine rings is 1. The number of carboxylic acids is 1. The van der Waals surface area contributed by atoms with Crippen LogP contribution in [0.15, 0.2) is 48.7 Å². The van der Waals surface area contributed by atoms with Crippen molar-refractivity contribution < 1.29 is 15.0 Å². The van der Waals surface area contributed by atoms with E-state index in [1.54, 1.807) is 6.20 Å². The van der Waals surface area contributed by atoms with E-state index in [2.05, 4.69) is 4.98 Å². The molecular weight excluding hydrogens is 304 g/mol. The maximum atomic E-state index is 12.1. The number of aliphatic hydroxyl groups excluding tert-OH is 1. The minimum atomic E-state index is -1.23. The molecule has 0 amide bonds. The first kappa shape index (κ1) is 16.5. The second-order valence-electron chi connectivity index (χ2n) is 6.54. The van der Waals surface area contributed by atoms with Crippen LogP contribution in [0, 0.1) is 12.3 Å². The number of pyridine rings is 1. The Kier molecular flexibility index (Phi) is 4.53. The summed E-state index contributed by atoms with van der Waals surface area (Å²) in [5, 5.41) is 20.5. The molecule has 0 radical (unpaired) electrons. The van der Waals surface area contributed by atoms with Crippen LogP contribution < -0.4 is 4.90 Å². The molecule has 0 saturated carbocycles. The number of carbonyl (C=O) groups is 1. The van der Waals surface area contributed by atoms with Crippen LogP contribution in [-0.4, -0.2) is 40.4 Å². The van der Waals surface area contributed by atoms with E-state index in [4.69, 9.17) is 0 Å². The number of benzene rings is 1. The number of aliphatic hydroxyl groups is 1. The summed E-state index contributed by atoms with van der Waals surface area (Å²) in [4.78, 5) is 18.5. The van der Waals surface area contributed by atoms with Crippen LogP contribution in [0.2, 0.25) is 0 Å². The molecule has 5 nitrogen and oxygen atoms in total. The van der Waals surface area contributed by atoms with Gasteiger partial charge in [0.1, 0.15) is 11.2 Å². The molecule has 2 heterocycles. The Morgan fingerprint density at radius 3 is 2.67 bits per heavy atom. The molecule has 1 aliphatic heterocycles. The molecule has 1 fully saturated rings. The van der Waals surface area contributed by atoms with Crippen LogP contribution in [0.25, 0.3) is 0 Å². The van der Waals surface area contributed by atoms with E-state index in [-0.39, 0.29) is 6.54 Å². The van der Waals surface area contributed by atoms with E-state index in [1.165, 1.54) is 0 Å². The summed E-state index contributed by atoms with van der Waals surface area (Å²) in [5.74, 6) is -0.207. The van der Waals surface area contributed by atoms with E-state index >= 15 is 0 Å². The van der Waals surface area contributed by atoms with Crippen LogP contribution in [-0.2, 0) is 11.2 Å². The highest BCUT2D eigenvalue weighted by Crippen LogP contribution is 2.36. The summed E-state index contributed by atoms with van der Waals surface area (Å²) >= 11 is 0. The quantitative estimate of drug-likeness (QED) is 0.902. The Hall–Kier alpha value is -2.40. The molecule has 0 spiro atoms. The van der Waals surface area contributed by atoms with Crippen molar-refractivity contribution in [1.29, 1.82) is 0 Å². The zero-order chi connectivity index (χ0) is 17.2. The third-order valence-electron chi connectivity index (χ3n) is 4.79. The summed E-state index contributed by atoms with van der Waals surface area (Å²) < 4.78 is 0. The lowest BCUT2D eigenvalue weighted by atomic mass is 9.73. The summed E-state index contributed by atoms with van der Waals surface area (Å²) in [6.45, 7) is 2.81. The van der Waals surface area contributed by atoms with Crippen molar-refractivity contribution in [1.82, 2.24) is 4.98 Å². The monoisotopic (exact) mass is 326 g/mol. The first-order chi connectivity index (χ1) is 11.5. The van der Waals surface area contributed by atoms with Gasteiger partial charge in [-0.2, -0.15) is 0 Å². The molecule has 126 valence electrons. The summed E-state index contributed by atoms with van der Waals surface area (Å²) in [5.41, 5.74) is 0.744. The third kappa shape index (κ3) is 3.12. The lowest BCUT2D eigenvalue weighted by molar-refractivity contribution is -0.157. The van der Waals surface area contributed by atoms with Gasteiger partial charge >= 0.3 is 5.97 Å². The number of nitrogens with zero attached hydrogens (tertiary/aromatic N) is 2. The zero-order valence-electron chi connectivity index (χ0n) is 13.7. The maximum absolute atomic E-state index is 12.1. The highest BCUT2D eigenvalue weighted by Gasteiger charge is 2.49. The van der Waals surface area contributed by atoms with E-state index in [0.29, 0.717) is 19.4 Å². The van der Waals surface area contributed by atoms with Gasteiger partial charge in [0.2, 0.25) is 0 Å². The van der Waals surface area contributed by atoms with Gasteiger partial charge in [0.15, 0.2) is 0 Å². The van der Waals surface area contributed by atoms with Gasteiger partial charge in [0.25, 0.3) is 0 Å². The summed E-state index contributed by atoms with van der Waals surface area (Å²) in [6, 6.07) is 13.4. The fraction of sp³-hybridized carbons (Fsp3) is 0.368. The fourth-order valence-corrected chi connectivity index (χ4v) is 3.34. The van der Waals surface area contributed by atoms with E-state index < -0.39 is 17.5 Å². The van der Waals surface area contributed by atoms with Crippen molar-refractivity contribution >= 4 is 11.8 Å². The van der Waals surface area contributed by atoms with Crippen molar-refractivity contribution in [2.24, 2.45) is 5.41 Å². The van der Waals surface area contributed by atoms with Crippen LogP contribution >= 0.6 is 0 Å². The third-order valence-corrected chi connectivity index (χ3v) is 4.79. The lowest BCUT2D eigenvalue weighted by Gasteiger charge is -2.44. The number of rotatable bonds is 4. The maximum Gasteiger partial charge on any atom is 0.314 e. The molecule has 1 aromatic heterocycles. The second-order valence-corrected chi connectivity index (χ2v) is 6.54. The molecule has 0 unspecified atom stereocenters. The van der Waals surface area contributed by atoms with E-state index in [9.17, 15) is 15.0 Å². The van der Waals surface area contributed by atoms with Gasteiger partial charge in [-0.05, 0) is 37.0 Å². The predicted octanol–water partition coefficient (Wildman–Crippen LogP) is 2.27. The van der Waals surface area contributed by atoms with Gasteiger partial charge in [-0.15, -0.1) is 0 Å². The molecule has 0 bridgehead atoms. The van der Waals surface area contributed by atoms with Crippen molar-refractivity contribution in [3.8, 4) is 0 Å². The first-order valence-corrected chi connectivity index (χ1v) is 8.14. The van der Waals surface area contributed by atoms with E-state index in [0.717, 1.165) is 16.9 Å². The minimum Gasteiger partial charge on any atom is -0.481 e. The Morgan fingerprint density at radius 2 is 2.04 bits per heavy atom. The standard InChI is InChI=1S/C19H22N2O3/c1-14-7-8-17(20-12-14)21-10-9-16(22)19(13-21,18(23)24)11-15-5-3-2-4-6-15/h2-8,12,16,22H,9-11,13H2,1H3,(H,23,24)/t16-,19-/m1/s1. The van der Waals surface area contributed by atoms with Crippen molar-refractivity contribution in [3.05, 3.63) is 59.8 Å². The topological polar surface area (TPSA) is 73.7 Å². The molecular formula is C19H22N2O3. The predicted molar refractivity (Wildman–Crippen MR) is 92.0 cm³/mol. The van der Waals surface area contributed by atoms with Gasteiger partial charge in [0, 0.05) is 19.3 Å². The van der Waals surface area contributed by atoms with E-state index in [1.807, 2.05) is 54.3 Å². The first-order valence-electron chi connectivity index (χ1n) is 8.14. The highest BCUT2D eigenvalue weighted by molar-refractivity contribution is 5.77. The molecule has 24 heavy (non-hydrogen) atoms. The highest BCUT2D eigenvalue weighted by atomic mass is 16.4. The molecule has 2 atom stereocenters. The molecule has 0 aliphatic carbocycles. The Morgan fingerprint density at radius 1 is 1.29 bits per heavy atom. The number of aryl methyl sites for hydroxylation is 1. The number of hydrogen-bond acceptors (Lipinski definition) is 4. The van der Waals surface area contributed by atoms with Crippen LogP contribution in [0.3, 0.4) is 0 Å². The molecule has 3 rings (SSSR count). The average Bonchev–Trinajstić information content (AvgIpc) is 2.58. The molecule has 2 N–H and O–H groups in total. The van der Waals surface area contributed by atoms with Crippen molar-refractivity contribution in [3.63, 3.8) is 0 Å². The molecule has 2 aromatic rings. The lowest BCUT2D eigenvalue weighted by Crippen LogP contribution is -2.57. The Labute approximate surface area is 141 Å². The van der Waals surface area contributed by atoms with Gasteiger partial charge in [-0.3, -0.25) is 4.79 Å². The number of carboxylic acid groups (broad SMARTS) is 1.